The number of hydrogen-bond acceptors (Lipinski definition) is 4. The number of rotatable bonds is 7. The van der Waals surface area contributed by atoms with Crippen molar-refractivity contribution in [2.24, 2.45) is 5.92 Å². The van der Waals surface area contributed by atoms with Crippen molar-refractivity contribution < 1.29 is 4.79 Å². The molecule has 1 unspecified atom stereocenters. The summed E-state index contributed by atoms with van der Waals surface area (Å²) in [4.78, 5) is 19.3. The highest BCUT2D eigenvalue weighted by molar-refractivity contribution is 7.13. The van der Waals surface area contributed by atoms with Gasteiger partial charge in [-0.25, -0.2) is 4.98 Å². The van der Waals surface area contributed by atoms with Crippen molar-refractivity contribution in [3.63, 3.8) is 0 Å². The maximum Gasteiger partial charge on any atom is 0.226 e. The van der Waals surface area contributed by atoms with Crippen LogP contribution in [0.4, 0.5) is 0 Å². The van der Waals surface area contributed by atoms with Gasteiger partial charge < -0.3 is 10.2 Å². The average molecular weight is 372 g/mol. The standard InChI is InChI=1S/C21H29N3OS/c1-3-17-6-8-18(9-7-17)21-23-19(15-26-21)13-20(25)22-10-12-24-11-4-5-16(2)14-24/h6-9,15-16H,3-5,10-14H2,1-2H3,(H,22,25). The van der Waals surface area contributed by atoms with Gasteiger partial charge in [0, 0.05) is 30.6 Å². The SMILES string of the molecule is CCc1ccc(-c2nc(CC(=O)NCCN3CCCC(C)C3)cs2)cc1. The van der Waals surface area contributed by atoms with Gasteiger partial charge >= 0.3 is 0 Å². The predicted molar refractivity (Wildman–Crippen MR) is 108 cm³/mol. The Hall–Kier alpha value is -1.72. The smallest absolute Gasteiger partial charge is 0.226 e. The lowest BCUT2D eigenvalue weighted by atomic mass is 10.0. The molecule has 1 aliphatic rings. The van der Waals surface area contributed by atoms with Gasteiger partial charge in [0.2, 0.25) is 5.91 Å². The molecule has 1 amide bonds. The molecule has 1 atom stereocenters. The Bertz CT molecular complexity index is 710. The first kappa shape index (κ1) is 19.1. The molecule has 1 aromatic carbocycles. The zero-order valence-electron chi connectivity index (χ0n) is 15.8. The van der Waals surface area contributed by atoms with Gasteiger partial charge in [-0.1, -0.05) is 38.1 Å². The van der Waals surface area contributed by atoms with E-state index in [1.807, 2.05) is 5.38 Å². The van der Waals surface area contributed by atoms with E-state index in [1.54, 1.807) is 11.3 Å². The highest BCUT2D eigenvalue weighted by Gasteiger charge is 2.16. The van der Waals surface area contributed by atoms with Gasteiger partial charge in [0.1, 0.15) is 5.01 Å². The number of nitrogens with one attached hydrogen (secondary N) is 1. The van der Waals surface area contributed by atoms with Crippen LogP contribution in [0.1, 0.15) is 37.9 Å². The van der Waals surface area contributed by atoms with Crippen LogP contribution in [-0.2, 0) is 17.6 Å². The van der Waals surface area contributed by atoms with Crippen LogP contribution in [-0.4, -0.2) is 42.0 Å². The van der Waals surface area contributed by atoms with Crippen LogP contribution in [0, 0.1) is 5.92 Å². The van der Waals surface area contributed by atoms with Crippen LogP contribution in [0.3, 0.4) is 0 Å². The molecule has 2 heterocycles. The topological polar surface area (TPSA) is 45.2 Å². The Morgan fingerprint density at radius 2 is 2.15 bits per heavy atom. The number of carbonyl (C=O) groups is 1. The van der Waals surface area contributed by atoms with Crippen molar-refractivity contribution >= 4 is 17.2 Å². The lowest BCUT2D eigenvalue weighted by Crippen LogP contribution is -2.40. The zero-order chi connectivity index (χ0) is 18.4. The molecule has 0 aliphatic carbocycles. The fourth-order valence-corrected chi connectivity index (χ4v) is 4.30. The van der Waals surface area contributed by atoms with Crippen molar-refractivity contribution in [1.82, 2.24) is 15.2 Å². The largest absolute Gasteiger partial charge is 0.354 e. The maximum absolute atomic E-state index is 12.2. The van der Waals surface area contributed by atoms with Gasteiger partial charge in [-0.15, -0.1) is 11.3 Å². The monoisotopic (exact) mass is 371 g/mol. The predicted octanol–water partition coefficient (Wildman–Crippen LogP) is 3.76. The summed E-state index contributed by atoms with van der Waals surface area (Å²) in [6, 6.07) is 8.51. The van der Waals surface area contributed by atoms with Crippen molar-refractivity contribution in [2.75, 3.05) is 26.2 Å². The van der Waals surface area contributed by atoms with Crippen LogP contribution >= 0.6 is 11.3 Å². The van der Waals surface area contributed by atoms with Gasteiger partial charge in [0.25, 0.3) is 0 Å². The third kappa shape index (κ3) is 5.39. The van der Waals surface area contributed by atoms with Gasteiger partial charge in [0.05, 0.1) is 12.1 Å². The van der Waals surface area contributed by atoms with Gasteiger partial charge in [-0.2, -0.15) is 0 Å². The Labute approximate surface area is 160 Å². The van der Waals surface area contributed by atoms with E-state index >= 15 is 0 Å². The number of amides is 1. The number of aromatic nitrogens is 1. The summed E-state index contributed by atoms with van der Waals surface area (Å²) in [7, 11) is 0. The molecule has 3 rings (SSSR count). The lowest BCUT2D eigenvalue weighted by Gasteiger charge is -2.30. The highest BCUT2D eigenvalue weighted by atomic mass is 32.1. The molecule has 1 aromatic heterocycles. The second-order valence-electron chi connectivity index (χ2n) is 7.27. The second-order valence-corrected chi connectivity index (χ2v) is 8.13. The number of piperidine rings is 1. The van der Waals surface area contributed by atoms with Crippen molar-refractivity contribution in [3.05, 3.63) is 40.9 Å². The molecule has 0 saturated carbocycles. The first-order valence-corrected chi connectivity index (χ1v) is 10.5. The molecule has 26 heavy (non-hydrogen) atoms. The van der Waals surface area contributed by atoms with Crippen molar-refractivity contribution in [1.29, 1.82) is 0 Å². The van der Waals surface area contributed by atoms with Gasteiger partial charge in [-0.05, 0) is 37.3 Å². The molecule has 1 N–H and O–H groups in total. The minimum absolute atomic E-state index is 0.0632. The summed E-state index contributed by atoms with van der Waals surface area (Å²) in [5.41, 5.74) is 3.31. The maximum atomic E-state index is 12.2. The van der Waals surface area contributed by atoms with E-state index < -0.39 is 0 Å². The van der Waals surface area contributed by atoms with Crippen molar-refractivity contribution in [3.8, 4) is 10.6 Å². The van der Waals surface area contributed by atoms with Crippen LogP contribution < -0.4 is 5.32 Å². The molecule has 2 aromatic rings. The summed E-state index contributed by atoms with van der Waals surface area (Å²) in [5, 5.41) is 6.02. The Morgan fingerprint density at radius 3 is 2.88 bits per heavy atom. The fourth-order valence-electron chi connectivity index (χ4n) is 3.47. The number of aryl methyl sites for hydroxylation is 1. The lowest BCUT2D eigenvalue weighted by molar-refractivity contribution is -0.120. The number of nitrogens with zero attached hydrogens (tertiary/aromatic N) is 2. The minimum Gasteiger partial charge on any atom is -0.354 e. The van der Waals surface area contributed by atoms with Gasteiger partial charge in [-0.3, -0.25) is 4.79 Å². The number of likely N-dealkylation sites (tertiary alicyclic amines) is 1. The Balaban J connectivity index is 1.45. The Kier molecular flexibility index (Phi) is 6.80. The second kappa shape index (κ2) is 9.28. The summed E-state index contributed by atoms with van der Waals surface area (Å²) < 4.78 is 0. The van der Waals surface area contributed by atoms with Crippen LogP contribution in [0.15, 0.2) is 29.6 Å². The number of benzene rings is 1. The molecule has 0 radical (unpaired) electrons. The van der Waals surface area contributed by atoms with Gasteiger partial charge in [0.15, 0.2) is 0 Å². The summed E-state index contributed by atoms with van der Waals surface area (Å²) in [5.74, 6) is 0.840. The van der Waals surface area contributed by atoms with Crippen LogP contribution in [0.5, 0.6) is 0 Å². The van der Waals surface area contributed by atoms with Crippen molar-refractivity contribution in [2.45, 2.75) is 39.5 Å². The molecule has 0 spiro atoms. The number of carbonyl (C=O) groups excluding carboxylic acids is 1. The number of hydrogen-bond donors (Lipinski definition) is 1. The molecule has 1 fully saturated rings. The quantitative estimate of drug-likeness (QED) is 0.806. The molecular formula is C21H29N3OS. The summed E-state index contributed by atoms with van der Waals surface area (Å²) in [6.07, 6.45) is 4.01. The van der Waals surface area contributed by atoms with E-state index in [4.69, 9.17) is 0 Å². The molecule has 140 valence electrons. The third-order valence-corrected chi connectivity index (χ3v) is 5.93. The third-order valence-electron chi connectivity index (χ3n) is 4.99. The molecule has 1 saturated heterocycles. The minimum atomic E-state index is 0.0632. The van der Waals surface area contributed by atoms with E-state index in [0.717, 1.165) is 54.8 Å². The summed E-state index contributed by atoms with van der Waals surface area (Å²) >= 11 is 1.61. The first-order chi connectivity index (χ1) is 12.6. The molecule has 4 nitrogen and oxygen atoms in total. The molecule has 1 aliphatic heterocycles. The normalized spacial score (nSPS) is 18.0. The highest BCUT2D eigenvalue weighted by Crippen LogP contribution is 2.24. The Morgan fingerprint density at radius 1 is 1.35 bits per heavy atom. The van der Waals surface area contributed by atoms with E-state index in [9.17, 15) is 4.79 Å². The molecule has 0 bridgehead atoms. The zero-order valence-corrected chi connectivity index (χ0v) is 16.6. The van der Waals surface area contributed by atoms with Crippen LogP contribution in [0.2, 0.25) is 0 Å². The number of thiazole rings is 1. The first-order valence-electron chi connectivity index (χ1n) is 9.67. The van der Waals surface area contributed by atoms with E-state index in [-0.39, 0.29) is 5.91 Å². The van der Waals surface area contributed by atoms with E-state index in [2.05, 4.69) is 53.3 Å². The fraction of sp³-hybridized carbons (Fsp3) is 0.524. The van der Waals surface area contributed by atoms with E-state index in [1.165, 1.54) is 18.4 Å². The molecular weight excluding hydrogens is 342 g/mol. The van der Waals surface area contributed by atoms with E-state index in [0.29, 0.717) is 6.42 Å². The molecule has 5 heteroatoms. The summed E-state index contributed by atoms with van der Waals surface area (Å²) in [6.45, 7) is 8.44. The van der Waals surface area contributed by atoms with Crippen LogP contribution in [0.25, 0.3) is 10.6 Å². The average Bonchev–Trinajstić information content (AvgIpc) is 3.10.